The molecule has 0 unspecified atom stereocenters. The van der Waals surface area contributed by atoms with E-state index in [0.717, 1.165) is 0 Å². The third kappa shape index (κ3) is 2.63. The van der Waals surface area contributed by atoms with Gasteiger partial charge < -0.3 is 29.9 Å². The van der Waals surface area contributed by atoms with E-state index in [1.54, 1.807) is 30.3 Å². The number of hydrogen-bond donors (Lipinski definition) is 4. The first kappa shape index (κ1) is 13.3. The van der Waals surface area contributed by atoms with E-state index in [9.17, 15) is 15.3 Å². The minimum Gasteiger partial charge on any atom is -0.462 e. The fraction of sp³-hybridized carbons (Fsp3) is 0.500. The zero-order valence-corrected chi connectivity index (χ0v) is 9.59. The van der Waals surface area contributed by atoms with Crippen LogP contribution in [0.5, 0.6) is 5.75 Å². The fourth-order valence-electron chi connectivity index (χ4n) is 1.80. The quantitative estimate of drug-likeness (QED) is 0.546. The van der Waals surface area contributed by atoms with Crippen LogP contribution in [0.4, 0.5) is 0 Å². The number of ether oxygens (including phenoxy) is 2. The molecular weight excluding hydrogens is 240 g/mol. The summed E-state index contributed by atoms with van der Waals surface area (Å²) in [7, 11) is 0. The first-order valence-corrected chi connectivity index (χ1v) is 5.65. The first-order valence-electron chi connectivity index (χ1n) is 5.65. The molecule has 2 rings (SSSR count). The normalized spacial score (nSPS) is 36.3. The van der Waals surface area contributed by atoms with E-state index < -0.39 is 37.3 Å². The Kier molecular flexibility index (Phi) is 4.15. The van der Waals surface area contributed by atoms with E-state index in [0.29, 0.717) is 5.75 Å². The molecule has 1 aromatic carbocycles. The van der Waals surface area contributed by atoms with Gasteiger partial charge in [-0.1, -0.05) is 18.2 Å². The Hall–Kier alpha value is -1.18. The Morgan fingerprint density at radius 3 is 2.28 bits per heavy atom. The number of rotatable bonds is 3. The molecule has 0 amide bonds. The summed E-state index contributed by atoms with van der Waals surface area (Å²) in [5, 5.41) is 37.9. The molecule has 1 heterocycles. The highest BCUT2D eigenvalue weighted by Crippen LogP contribution is 2.23. The molecule has 0 bridgehead atoms. The minimum absolute atomic E-state index is 0.460. The van der Waals surface area contributed by atoms with Crippen LogP contribution in [-0.4, -0.2) is 57.7 Å². The number of aliphatic hydroxyl groups excluding tert-OH is 4. The summed E-state index contributed by atoms with van der Waals surface area (Å²) in [5.41, 5.74) is 0. The number of para-hydroxylation sites is 1. The standard InChI is InChI=1S/C12H16O6/c13-6-8-9(14)10(15)11(16)12(18-8)17-7-4-2-1-3-5-7/h1-5,8-16H,6H2/t8-,9-,10-,11-,12+/m1/s1. The molecule has 0 spiro atoms. The van der Waals surface area contributed by atoms with E-state index >= 15 is 0 Å². The lowest BCUT2D eigenvalue weighted by atomic mass is 9.99. The van der Waals surface area contributed by atoms with Gasteiger partial charge in [-0.15, -0.1) is 0 Å². The second-order valence-electron chi connectivity index (χ2n) is 4.13. The Balaban J connectivity index is 2.08. The van der Waals surface area contributed by atoms with Crippen LogP contribution in [-0.2, 0) is 4.74 Å². The fourth-order valence-corrected chi connectivity index (χ4v) is 1.80. The summed E-state index contributed by atoms with van der Waals surface area (Å²) >= 11 is 0. The topological polar surface area (TPSA) is 99.4 Å². The van der Waals surface area contributed by atoms with E-state index in [1.165, 1.54) is 0 Å². The van der Waals surface area contributed by atoms with Crippen LogP contribution in [0.25, 0.3) is 0 Å². The lowest BCUT2D eigenvalue weighted by Gasteiger charge is -2.39. The van der Waals surface area contributed by atoms with Gasteiger partial charge in [-0.25, -0.2) is 0 Å². The summed E-state index contributed by atoms with van der Waals surface area (Å²) < 4.78 is 10.6. The molecule has 0 saturated carbocycles. The van der Waals surface area contributed by atoms with Crippen LogP contribution < -0.4 is 4.74 Å². The average molecular weight is 256 g/mol. The zero-order chi connectivity index (χ0) is 13.1. The highest BCUT2D eigenvalue weighted by atomic mass is 16.7. The molecule has 4 N–H and O–H groups in total. The van der Waals surface area contributed by atoms with Gasteiger partial charge >= 0.3 is 0 Å². The molecule has 1 saturated heterocycles. The maximum atomic E-state index is 9.74. The van der Waals surface area contributed by atoms with Gasteiger partial charge in [0.2, 0.25) is 6.29 Å². The predicted octanol–water partition coefficient (Wildman–Crippen LogP) is -1.13. The van der Waals surface area contributed by atoms with E-state index in [-0.39, 0.29) is 0 Å². The second-order valence-corrected chi connectivity index (χ2v) is 4.13. The molecule has 0 aliphatic carbocycles. The van der Waals surface area contributed by atoms with E-state index in [4.69, 9.17) is 14.6 Å². The summed E-state index contributed by atoms with van der Waals surface area (Å²) in [5.74, 6) is 0.460. The largest absolute Gasteiger partial charge is 0.462 e. The van der Waals surface area contributed by atoms with Crippen molar-refractivity contribution in [3.8, 4) is 5.75 Å². The number of benzene rings is 1. The molecule has 0 aromatic heterocycles. The van der Waals surface area contributed by atoms with Crippen molar-refractivity contribution < 1.29 is 29.9 Å². The van der Waals surface area contributed by atoms with Gasteiger partial charge in [-0.05, 0) is 12.1 Å². The predicted molar refractivity (Wildman–Crippen MR) is 60.8 cm³/mol. The van der Waals surface area contributed by atoms with Gasteiger partial charge in [0.1, 0.15) is 30.2 Å². The Bertz CT molecular complexity index is 368. The molecule has 1 aliphatic rings. The third-order valence-electron chi connectivity index (χ3n) is 2.84. The first-order chi connectivity index (χ1) is 8.63. The molecule has 1 aromatic rings. The summed E-state index contributed by atoms with van der Waals surface area (Å²) in [4.78, 5) is 0. The van der Waals surface area contributed by atoms with Crippen molar-refractivity contribution in [3.05, 3.63) is 30.3 Å². The molecule has 6 heteroatoms. The van der Waals surface area contributed by atoms with Gasteiger partial charge in [-0.2, -0.15) is 0 Å². The third-order valence-corrected chi connectivity index (χ3v) is 2.84. The molecule has 18 heavy (non-hydrogen) atoms. The molecular formula is C12H16O6. The average Bonchev–Trinajstić information content (AvgIpc) is 2.40. The van der Waals surface area contributed by atoms with Crippen molar-refractivity contribution in [3.63, 3.8) is 0 Å². The molecule has 100 valence electrons. The van der Waals surface area contributed by atoms with Crippen LogP contribution in [0.3, 0.4) is 0 Å². The van der Waals surface area contributed by atoms with Crippen molar-refractivity contribution in [2.24, 2.45) is 0 Å². The highest BCUT2D eigenvalue weighted by molar-refractivity contribution is 5.21. The smallest absolute Gasteiger partial charge is 0.229 e. The van der Waals surface area contributed by atoms with Crippen LogP contribution in [0, 0.1) is 0 Å². The van der Waals surface area contributed by atoms with Gasteiger partial charge in [0.25, 0.3) is 0 Å². The Morgan fingerprint density at radius 2 is 1.67 bits per heavy atom. The molecule has 5 atom stereocenters. The second kappa shape index (κ2) is 5.64. The molecule has 6 nitrogen and oxygen atoms in total. The number of aliphatic hydroxyl groups is 4. The zero-order valence-electron chi connectivity index (χ0n) is 9.59. The molecule has 1 aliphatic heterocycles. The lowest BCUT2D eigenvalue weighted by molar-refractivity contribution is -0.277. The van der Waals surface area contributed by atoms with Gasteiger partial charge in [0.15, 0.2) is 0 Å². The molecule has 0 radical (unpaired) electrons. The van der Waals surface area contributed by atoms with Crippen molar-refractivity contribution in [1.82, 2.24) is 0 Å². The maximum absolute atomic E-state index is 9.74. The summed E-state index contributed by atoms with van der Waals surface area (Å²) in [6.07, 6.45) is -6.28. The van der Waals surface area contributed by atoms with Gasteiger partial charge in [0, 0.05) is 0 Å². The van der Waals surface area contributed by atoms with Crippen LogP contribution in [0.2, 0.25) is 0 Å². The minimum atomic E-state index is -1.43. The van der Waals surface area contributed by atoms with Crippen LogP contribution >= 0.6 is 0 Å². The van der Waals surface area contributed by atoms with Crippen molar-refractivity contribution in [2.75, 3.05) is 6.61 Å². The van der Waals surface area contributed by atoms with Crippen LogP contribution in [0.15, 0.2) is 30.3 Å². The Labute approximate surface area is 104 Å². The Morgan fingerprint density at radius 1 is 1.00 bits per heavy atom. The van der Waals surface area contributed by atoms with Gasteiger partial charge in [0.05, 0.1) is 6.61 Å². The van der Waals surface area contributed by atoms with Gasteiger partial charge in [-0.3, -0.25) is 0 Å². The SMILES string of the molecule is OC[C@H]1O[C@H](Oc2ccccc2)[C@H](O)[C@H](O)[C@@H]1O. The van der Waals surface area contributed by atoms with Crippen molar-refractivity contribution >= 4 is 0 Å². The number of hydrogen-bond acceptors (Lipinski definition) is 6. The van der Waals surface area contributed by atoms with E-state index in [2.05, 4.69) is 0 Å². The lowest BCUT2D eigenvalue weighted by Crippen LogP contribution is -2.60. The van der Waals surface area contributed by atoms with Crippen LogP contribution in [0.1, 0.15) is 0 Å². The van der Waals surface area contributed by atoms with Crippen molar-refractivity contribution in [1.29, 1.82) is 0 Å². The summed E-state index contributed by atoms with van der Waals surface area (Å²) in [6, 6.07) is 8.64. The van der Waals surface area contributed by atoms with Crippen molar-refractivity contribution in [2.45, 2.75) is 30.7 Å². The monoisotopic (exact) mass is 256 g/mol. The summed E-state index contributed by atoms with van der Waals surface area (Å²) in [6.45, 7) is -0.473. The maximum Gasteiger partial charge on any atom is 0.229 e. The molecule has 1 fully saturated rings. The highest BCUT2D eigenvalue weighted by Gasteiger charge is 2.44. The van der Waals surface area contributed by atoms with E-state index in [1.807, 2.05) is 0 Å².